The van der Waals surface area contributed by atoms with E-state index < -0.39 is 11.7 Å². The molecule has 0 atom stereocenters. The van der Waals surface area contributed by atoms with E-state index in [1.807, 2.05) is 24.3 Å². The highest BCUT2D eigenvalue weighted by Gasteiger charge is 2.29. The Morgan fingerprint density at radius 1 is 0.633 bits per heavy atom. The topological polar surface area (TPSA) is 61.5 Å². The summed E-state index contributed by atoms with van der Waals surface area (Å²) in [6, 6.07) is 19.1. The van der Waals surface area contributed by atoms with Crippen molar-refractivity contribution >= 4 is 28.4 Å². The van der Waals surface area contributed by atoms with Crippen molar-refractivity contribution in [1.82, 2.24) is 0 Å². The number of alkyl halides is 3. The van der Waals surface area contributed by atoms with Gasteiger partial charge in [0.25, 0.3) is 0 Å². The summed E-state index contributed by atoms with van der Waals surface area (Å²) in [6.07, 6.45) is -3.31. The van der Waals surface area contributed by atoms with Crippen molar-refractivity contribution in [2.45, 2.75) is 19.5 Å². The Kier molecular flexibility index (Phi) is 6.90. The van der Waals surface area contributed by atoms with E-state index in [0.717, 1.165) is 36.5 Å². The second kappa shape index (κ2) is 9.78. The molecule has 30 heavy (non-hydrogen) atoms. The highest BCUT2D eigenvalue weighted by molar-refractivity contribution is 5.52. The fourth-order valence-corrected chi connectivity index (χ4v) is 2.45. The van der Waals surface area contributed by atoms with Gasteiger partial charge in [-0.05, 0) is 79.2 Å². The number of anilines is 1. The highest BCUT2D eigenvalue weighted by Crippen LogP contribution is 2.31. The molecule has 0 aliphatic heterocycles. The number of rotatable bonds is 7. The van der Waals surface area contributed by atoms with Gasteiger partial charge in [0.05, 0.1) is 28.3 Å². The van der Waals surface area contributed by atoms with Crippen molar-refractivity contribution in [2.75, 3.05) is 11.9 Å². The van der Waals surface area contributed by atoms with E-state index in [9.17, 15) is 13.2 Å². The summed E-state index contributed by atoms with van der Waals surface area (Å²) in [5, 5.41) is 19.7. The lowest BCUT2D eigenvalue weighted by atomic mass is 10.2. The van der Waals surface area contributed by atoms with Crippen LogP contribution in [0.5, 0.6) is 0 Å². The molecule has 0 radical (unpaired) electrons. The molecule has 3 rings (SSSR count). The Morgan fingerprint density at radius 2 is 1.00 bits per heavy atom. The molecule has 0 saturated heterocycles. The Hall–Kier alpha value is -3.55. The summed E-state index contributed by atoms with van der Waals surface area (Å²) in [4.78, 5) is 0. The lowest BCUT2D eigenvalue weighted by Crippen LogP contribution is -2.03. The summed E-state index contributed by atoms with van der Waals surface area (Å²) in [6.45, 7) is 3.03. The molecule has 0 amide bonds. The number of hydrogen-bond donors (Lipinski definition) is 1. The summed E-state index contributed by atoms with van der Waals surface area (Å²) < 4.78 is 37.7. The first-order chi connectivity index (χ1) is 14.4. The molecule has 0 saturated carbocycles. The van der Waals surface area contributed by atoms with Crippen LogP contribution in [0.15, 0.2) is 93.3 Å². The van der Waals surface area contributed by atoms with Crippen LogP contribution in [0.3, 0.4) is 0 Å². The van der Waals surface area contributed by atoms with Crippen LogP contribution in [0, 0.1) is 0 Å². The van der Waals surface area contributed by atoms with Crippen molar-refractivity contribution in [3.63, 3.8) is 0 Å². The standard InChI is InChI=1S/C22H20F3N5/c1-2-15-26-17-7-9-19(10-8-17)28-30-21-13-11-20(12-14-21)29-27-18-5-3-16(4-6-18)22(23,24)25/h3-14,26H,2,15H2,1H3. The normalized spacial score (nSPS) is 12.0. The fraction of sp³-hybridized carbons (Fsp3) is 0.182. The highest BCUT2D eigenvalue weighted by atomic mass is 19.4. The van der Waals surface area contributed by atoms with E-state index in [1.165, 1.54) is 12.1 Å². The first-order valence-corrected chi connectivity index (χ1v) is 9.39. The minimum Gasteiger partial charge on any atom is -0.385 e. The van der Waals surface area contributed by atoms with Crippen LogP contribution in [-0.4, -0.2) is 6.54 Å². The molecule has 0 aromatic heterocycles. The average Bonchev–Trinajstić information content (AvgIpc) is 2.76. The molecule has 0 heterocycles. The lowest BCUT2D eigenvalue weighted by molar-refractivity contribution is -0.137. The predicted molar refractivity (Wildman–Crippen MR) is 111 cm³/mol. The van der Waals surface area contributed by atoms with Crippen molar-refractivity contribution in [1.29, 1.82) is 0 Å². The van der Waals surface area contributed by atoms with E-state index in [-0.39, 0.29) is 0 Å². The molecule has 0 aliphatic carbocycles. The van der Waals surface area contributed by atoms with Crippen LogP contribution >= 0.6 is 0 Å². The zero-order valence-electron chi connectivity index (χ0n) is 16.3. The molecule has 0 spiro atoms. The van der Waals surface area contributed by atoms with Gasteiger partial charge in [0.15, 0.2) is 0 Å². The van der Waals surface area contributed by atoms with Crippen molar-refractivity contribution in [2.24, 2.45) is 20.5 Å². The summed E-state index contributed by atoms with van der Waals surface area (Å²) >= 11 is 0. The Bertz CT molecular complexity index is 993. The Balaban J connectivity index is 1.59. The predicted octanol–water partition coefficient (Wildman–Crippen LogP) is 8.36. The minimum atomic E-state index is -4.37. The van der Waals surface area contributed by atoms with E-state index >= 15 is 0 Å². The van der Waals surface area contributed by atoms with E-state index in [0.29, 0.717) is 17.1 Å². The number of hydrogen-bond acceptors (Lipinski definition) is 5. The summed E-state index contributed by atoms with van der Waals surface area (Å²) in [5.41, 5.74) is 2.60. The largest absolute Gasteiger partial charge is 0.416 e. The molecular formula is C22H20F3N5. The van der Waals surface area contributed by atoms with Crippen LogP contribution < -0.4 is 5.32 Å². The van der Waals surface area contributed by atoms with Gasteiger partial charge in [0.1, 0.15) is 0 Å². The maximum Gasteiger partial charge on any atom is 0.416 e. The molecule has 0 unspecified atom stereocenters. The number of halogens is 3. The number of nitrogens with zero attached hydrogens (tertiary/aromatic N) is 4. The molecule has 0 bridgehead atoms. The maximum absolute atomic E-state index is 12.6. The fourth-order valence-electron chi connectivity index (χ4n) is 2.45. The third-order valence-electron chi connectivity index (χ3n) is 4.05. The smallest absolute Gasteiger partial charge is 0.385 e. The molecule has 1 N–H and O–H groups in total. The van der Waals surface area contributed by atoms with Crippen LogP contribution in [0.2, 0.25) is 0 Å². The zero-order valence-corrected chi connectivity index (χ0v) is 16.3. The van der Waals surface area contributed by atoms with Crippen LogP contribution in [-0.2, 0) is 6.18 Å². The number of azo groups is 2. The van der Waals surface area contributed by atoms with Gasteiger partial charge in [-0.25, -0.2) is 0 Å². The Morgan fingerprint density at radius 3 is 1.37 bits per heavy atom. The molecule has 3 aromatic carbocycles. The van der Waals surface area contributed by atoms with Gasteiger partial charge >= 0.3 is 6.18 Å². The molecule has 5 nitrogen and oxygen atoms in total. The second-order valence-electron chi connectivity index (χ2n) is 6.43. The molecule has 0 aliphatic rings. The van der Waals surface area contributed by atoms with E-state index in [2.05, 4.69) is 32.7 Å². The van der Waals surface area contributed by atoms with Crippen LogP contribution in [0.1, 0.15) is 18.9 Å². The molecule has 3 aromatic rings. The molecular weight excluding hydrogens is 391 g/mol. The third-order valence-corrected chi connectivity index (χ3v) is 4.05. The van der Waals surface area contributed by atoms with Gasteiger partial charge in [0, 0.05) is 12.2 Å². The van der Waals surface area contributed by atoms with E-state index in [4.69, 9.17) is 0 Å². The quantitative estimate of drug-likeness (QED) is 0.390. The summed E-state index contributed by atoms with van der Waals surface area (Å²) in [7, 11) is 0. The first-order valence-electron chi connectivity index (χ1n) is 9.39. The second-order valence-corrected chi connectivity index (χ2v) is 6.43. The van der Waals surface area contributed by atoms with Crippen LogP contribution in [0.4, 0.5) is 41.6 Å². The van der Waals surface area contributed by atoms with Gasteiger partial charge in [-0.2, -0.15) is 33.6 Å². The zero-order chi connectivity index (χ0) is 21.4. The van der Waals surface area contributed by atoms with Gasteiger partial charge < -0.3 is 5.32 Å². The first kappa shape index (κ1) is 21.2. The van der Waals surface area contributed by atoms with Crippen molar-refractivity contribution < 1.29 is 13.2 Å². The molecule has 154 valence electrons. The van der Waals surface area contributed by atoms with Gasteiger partial charge in [-0.1, -0.05) is 6.92 Å². The summed E-state index contributed by atoms with van der Waals surface area (Å²) in [5.74, 6) is 0. The minimum absolute atomic E-state index is 0.337. The Labute approximate surface area is 172 Å². The lowest BCUT2D eigenvalue weighted by Gasteiger charge is -2.05. The van der Waals surface area contributed by atoms with Gasteiger partial charge in [-0.3, -0.25) is 0 Å². The monoisotopic (exact) mass is 411 g/mol. The van der Waals surface area contributed by atoms with Crippen molar-refractivity contribution in [3.8, 4) is 0 Å². The van der Waals surface area contributed by atoms with Crippen LogP contribution in [0.25, 0.3) is 0 Å². The van der Waals surface area contributed by atoms with Crippen molar-refractivity contribution in [3.05, 3.63) is 78.4 Å². The number of benzene rings is 3. The number of nitrogens with one attached hydrogen (secondary N) is 1. The third kappa shape index (κ3) is 6.23. The molecule has 0 fully saturated rings. The van der Waals surface area contributed by atoms with Gasteiger partial charge in [0.2, 0.25) is 0 Å². The average molecular weight is 411 g/mol. The SMILES string of the molecule is CCCNc1ccc(N=Nc2ccc(N=Nc3ccc(C(F)(F)F)cc3)cc2)cc1. The maximum atomic E-state index is 12.6. The van der Waals surface area contributed by atoms with E-state index in [1.54, 1.807) is 24.3 Å². The van der Waals surface area contributed by atoms with Gasteiger partial charge in [-0.15, -0.1) is 0 Å². The molecule has 8 heteroatoms.